The molecule has 1 aliphatic heterocycles. The van der Waals surface area contributed by atoms with E-state index >= 15 is 0 Å². The zero-order chi connectivity index (χ0) is 19.8. The molecule has 2 fully saturated rings. The molecule has 2 aliphatic rings. The first-order chi connectivity index (χ1) is 12.8. The summed E-state index contributed by atoms with van der Waals surface area (Å²) in [7, 11) is -3.16. The molecule has 0 aromatic heterocycles. The van der Waals surface area contributed by atoms with Gasteiger partial charge in [0.15, 0.2) is 0 Å². The van der Waals surface area contributed by atoms with E-state index in [1.165, 1.54) is 12.1 Å². The molecule has 3 rings (SSSR count). The van der Waals surface area contributed by atoms with Gasteiger partial charge in [-0.2, -0.15) is 5.26 Å². The SMILES string of the molecule is CC(C)N1[C@@H]2CCCC[C@H]2N(C(C)C)P1(=O)N[C@H](C#N)c1ccc(F)cc1. The van der Waals surface area contributed by atoms with Crippen molar-refractivity contribution in [3.63, 3.8) is 0 Å². The molecule has 148 valence electrons. The molecule has 27 heavy (non-hydrogen) atoms. The van der Waals surface area contributed by atoms with Gasteiger partial charge < -0.3 is 0 Å². The Morgan fingerprint density at radius 3 is 1.96 bits per heavy atom. The second-order valence-electron chi connectivity index (χ2n) is 8.15. The Balaban J connectivity index is 2.01. The molecule has 1 heterocycles. The van der Waals surface area contributed by atoms with Crippen LogP contribution in [0.1, 0.15) is 65.0 Å². The summed E-state index contributed by atoms with van der Waals surface area (Å²) in [5.41, 5.74) is 0.636. The maximum Gasteiger partial charge on any atom is 0.286 e. The Kier molecular flexibility index (Phi) is 6.08. The molecular weight excluding hydrogens is 362 g/mol. The van der Waals surface area contributed by atoms with Gasteiger partial charge in [-0.3, -0.25) is 4.57 Å². The van der Waals surface area contributed by atoms with Gasteiger partial charge in [0.05, 0.1) is 6.07 Å². The molecule has 1 aromatic carbocycles. The summed E-state index contributed by atoms with van der Waals surface area (Å²) in [5.74, 6) is -0.346. The fourth-order valence-corrected chi connectivity index (χ4v) is 8.40. The topological polar surface area (TPSA) is 59.4 Å². The number of rotatable bonds is 5. The van der Waals surface area contributed by atoms with Crippen LogP contribution in [0.4, 0.5) is 4.39 Å². The van der Waals surface area contributed by atoms with Crippen LogP contribution in [-0.4, -0.2) is 33.5 Å². The number of nitrogens with zero attached hydrogens (tertiary/aromatic N) is 3. The second kappa shape index (κ2) is 8.01. The quantitative estimate of drug-likeness (QED) is 0.727. The number of halogens is 1. The number of fused-ring (bicyclic) bond motifs is 1. The van der Waals surface area contributed by atoms with Crippen molar-refractivity contribution in [2.45, 2.75) is 83.6 Å². The zero-order valence-corrected chi connectivity index (χ0v) is 17.5. The molecule has 3 atom stereocenters. The van der Waals surface area contributed by atoms with E-state index in [1.54, 1.807) is 12.1 Å². The van der Waals surface area contributed by atoms with Crippen LogP contribution in [0, 0.1) is 17.1 Å². The molecule has 1 N–H and O–H groups in total. The number of nitriles is 1. The van der Waals surface area contributed by atoms with Crippen LogP contribution in [0.2, 0.25) is 0 Å². The van der Waals surface area contributed by atoms with E-state index < -0.39 is 13.6 Å². The van der Waals surface area contributed by atoms with Crippen LogP contribution in [0.15, 0.2) is 24.3 Å². The third kappa shape index (κ3) is 3.71. The normalized spacial score (nSPS) is 26.9. The predicted molar refractivity (Wildman–Crippen MR) is 105 cm³/mol. The maximum atomic E-state index is 14.5. The molecule has 1 aromatic rings. The van der Waals surface area contributed by atoms with Gasteiger partial charge in [-0.15, -0.1) is 0 Å². The van der Waals surface area contributed by atoms with E-state index in [4.69, 9.17) is 0 Å². The van der Waals surface area contributed by atoms with E-state index in [0.717, 1.165) is 25.7 Å². The first kappa shape index (κ1) is 20.5. The minimum Gasteiger partial charge on any atom is -0.270 e. The molecule has 0 radical (unpaired) electrons. The molecule has 0 amide bonds. The molecule has 7 heteroatoms. The monoisotopic (exact) mass is 392 g/mol. The van der Waals surface area contributed by atoms with Crippen LogP contribution in [-0.2, 0) is 4.57 Å². The molecule has 1 saturated carbocycles. The first-order valence-electron chi connectivity index (χ1n) is 9.90. The summed E-state index contributed by atoms with van der Waals surface area (Å²) in [4.78, 5) is 0. The zero-order valence-electron chi connectivity index (χ0n) is 16.6. The van der Waals surface area contributed by atoms with E-state index in [-0.39, 0.29) is 30.0 Å². The number of hydrogen-bond acceptors (Lipinski definition) is 2. The summed E-state index contributed by atoms with van der Waals surface area (Å²) < 4.78 is 32.0. The first-order valence-corrected chi connectivity index (χ1v) is 11.5. The van der Waals surface area contributed by atoms with Gasteiger partial charge in [-0.25, -0.2) is 18.8 Å². The number of benzene rings is 1. The Labute approximate surface area is 162 Å². The largest absolute Gasteiger partial charge is 0.286 e. The number of hydrogen-bond donors (Lipinski definition) is 1. The van der Waals surface area contributed by atoms with Gasteiger partial charge in [0, 0.05) is 24.2 Å². The molecule has 0 bridgehead atoms. The highest BCUT2D eigenvalue weighted by atomic mass is 31.2. The Morgan fingerprint density at radius 2 is 1.56 bits per heavy atom. The van der Waals surface area contributed by atoms with Crippen molar-refractivity contribution in [2.24, 2.45) is 0 Å². The fraction of sp³-hybridized carbons (Fsp3) is 0.650. The van der Waals surface area contributed by atoms with Gasteiger partial charge in [-0.05, 0) is 58.2 Å². The highest BCUT2D eigenvalue weighted by Gasteiger charge is 2.57. The van der Waals surface area contributed by atoms with Crippen molar-refractivity contribution in [1.82, 2.24) is 14.4 Å². The molecular formula is C20H30FN4OP. The van der Waals surface area contributed by atoms with E-state index in [2.05, 4.69) is 48.2 Å². The van der Waals surface area contributed by atoms with Gasteiger partial charge in [0.25, 0.3) is 7.59 Å². The summed E-state index contributed by atoms with van der Waals surface area (Å²) in [6.45, 7) is 8.29. The Morgan fingerprint density at radius 1 is 1.07 bits per heavy atom. The third-order valence-corrected chi connectivity index (χ3v) is 9.05. The van der Waals surface area contributed by atoms with Crippen molar-refractivity contribution in [3.8, 4) is 6.07 Å². The van der Waals surface area contributed by atoms with Crippen molar-refractivity contribution < 1.29 is 8.96 Å². The minimum absolute atomic E-state index is 0.102. The second-order valence-corrected chi connectivity index (χ2v) is 10.4. The highest BCUT2D eigenvalue weighted by molar-refractivity contribution is 7.57. The van der Waals surface area contributed by atoms with Crippen LogP contribution >= 0.6 is 7.59 Å². The minimum atomic E-state index is -3.16. The molecule has 0 spiro atoms. The summed E-state index contributed by atoms with van der Waals surface area (Å²) in [6.07, 6.45) is 4.36. The van der Waals surface area contributed by atoms with Gasteiger partial charge in [0.2, 0.25) is 0 Å². The summed E-state index contributed by atoms with van der Waals surface area (Å²) in [5, 5.41) is 13.0. The van der Waals surface area contributed by atoms with E-state index in [1.807, 2.05) is 0 Å². The van der Waals surface area contributed by atoms with Gasteiger partial charge in [-0.1, -0.05) is 25.0 Å². The average Bonchev–Trinajstić information content (AvgIpc) is 2.88. The van der Waals surface area contributed by atoms with Gasteiger partial charge in [0.1, 0.15) is 11.9 Å². The maximum absolute atomic E-state index is 14.5. The molecule has 0 unspecified atom stereocenters. The lowest BCUT2D eigenvalue weighted by Crippen LogP contribution is -2.43. The molecule has 1 aliphatic carbocycles. The van der Waals surface area contributed by atoms with E-state index in [0.29, 0.717) is 5.56 Å². The fourth-order valence-electron chi connectivity index (χ4n) is 4.76. The van der Waals surface area contributed by atoms with Crippen molar-refractivity contribution >= 4 is 7.59 Å². The lowest BCUT2D eigenvalue weighted by atomic mass is 9.89. The van der Waals surface area contributed by atoms with Crippen molar-refractivity contribution in [2.75, 3.05) is 0 Å². The van der Waals surface area contributed by atoms with Crippen molar-refractivity contribution in [3.05, 3.63) is 35.6 Å². The van der Waals surface area contributed by atoms with Crippen LogP contribution in [0.3, 0.4) is 0 Å². The standard InChI is InChI=1S/C20H30FN4OP/c1-14(2)24-19-7-5-6-8-20(19)25(15(3)4)27(24,26)23-18(13-22)16-9-11-17(21)12-10-16/h9-12,14-15,18-20H,5-8H2,1-4H3,(H,23,26)/t18-,19-,20-/m1/s1. The molecule has 1 saturated heterocycles. The predicted octanol–water partition coefficient (Wildman–Crippen LogP) is 4.83. The Bertz CT molecular complexity index is 717. The highest BCUT2D eigenvalue weighted by Crippen LogP contribution is 2.63. The lowest BCUT2D eigenvalue weighted by Gasteiger charge is -2.37. The van der Waals surface area contributed by atoms with E-state index in [9.17, 15) is 14.2 Å². The lowest BCUT2D eigenvalue weighted by molar-refractivity contribution is 0.173. The Hall–Kier alpha value is -1.25. The number of nitrogens with one attached hydrogen (secondary N) is 1. The summed E-state index contributed by atoms with van der Waals surface area (Å²) in [6, 6.07) is 8.02. The summed E-state index contributed by atoms with van der Waals surface area (Å²) >= 11 is 0. The van der Waals surface area contributed by atoms with Crippen molar-refractivity contribution in [1.29, 1.82) is 5.26 Å². The van der Waals surface area contributed by atoms with Crippen LogP contribution in [0.25, 0.3) is 0 Å². The van der Waals surface area contributed by atoms with Crippen LogP contribution < -0.4 is 5.09 Å². The van der Waals surface area contributed by atoms with Gasteiger partial charge >= 0.3 is 0 Å². The average molecular weight is 392 g/mol. The third-order valence-electron chi connectivity index (χ3n) is 5.69. The van der Waals surface area contributed by atoms with Crippen LogP contribution in [0.5, 0.6) is 0 Å². The molecule has 5 nitrogen and oxygen atoms in total. The smallest absolute Gasteiger partial charge is 0.270 e.